The summed E-state index contributed by atoms with van der Waals surface area (Å²) >= 11 is 0. The van der Waals surface area contributed by atoms with Gasteiger partial charge in [0.2, 0.25) is 0 Å². The summed E-state index contributed by atoms with van der Waals surface area (Å²) < 4.78 is 39.0. The van der Waals surface area contributed by atoms with Gasteiger partial charge in [-0.2, -0.15) is 0 Å². The van der Waals surface area contributed by atoms with Crippen LogP contribution in [0.1, 0.15) is 17.2 Å². The zero-order chi connectivity index (χ0) is 17.8. The van der Waals surface area contributed by atoms with Crippen molar-refractivity contribution in [2.75, 3.05) is 40.4 Å². The fourth-order valence-electron chi connectivity index (χ4n) is 3.35. The normalized spacial score (nSPS) is 16.5. The van der Waals surface area contributed by atoms with Gasteiger partial charge in [-0.1, -0.05) is 18.2 Å². The van der Waals surface area contributed by atoms with Crippen LogP contribution in [-0.4, -0.2) is 45.3 Å². The average Bonchev–Trinajstić information content (AvgIpc) is 2.64. The van der Waals surface area contributed by atoms with E-state index in [0.717, 1.165) is 37.8 Å². The Kier molecular flexibility index (Phi) is 5.50. The van der Waals surface area contributed by atoms with Crippen LogP contribution < -0.4 is 14.8 Å². The van der Waals surface area contributed by atoms with E-state index in [0.29, 0.717) is 17.1 Å². The van der Waals surface area contributed by atoms with Gasteiger partial charge in [0.05, 0.1) is 20.3 Å². The molecule has 0 aliphatic carbocycles. The average molecular weight is 348 g/mol. The first-order chi connectivity index (χ1) is 12.2. The third-order valence-corrected chi connectivity index (χ3v) is 4.50. The molecule has 1 aliphatic rings. The highest BCUT2D eigenvalue weighted by atomic mass is 19.1. The number of para-hydroxylation sites is 1. The quantitative estimate of drug-likeness (QED) is 0.901. The Bertz CT molecular complexity index is 733. The molecule has 1 atom stereocenters. The molecule has 0 radical (unpaired) electrons. The molecule has 3 rings (SSSR count). The lowest BCUT2D eigenvalue weighted by molar-refractivity contribution is 0.191. The zero-order valence-electron chi connectivity index (χ0n) is 14.4. The van der Waals surface area contributed by atoms with Gasteiger partial charge in [0.25, 0.3) is 0 Å². The molecule has 1 N–H and O–H groups in total. The number of piperazine rings is 1. The van der Waals surface area contributed by atoms with Gasteiger partial charge in [-0.05, 0) is 12.1 Å². The lowest BCUT2D eigenvalue weighted by Gasteiger charge is -2.36. The number of benzene rings is 2. The number of rotatable bonds is 5. The molecule has 2 aromatic carbocycles. The second-order valence-corrected chi connectivity index (χ2v) is 5.94. The summed E-state index contributed by atoms with van der Waals surface area (Å²) in [4.78, 5) is 2.17. The van der Waals surface area contributed by atoms with Crippen molar-refractivity contribution in [3.63, 3.8) is 0 Å². The van der Waals surface area contributed by atoms with Gasteiger partial charge in [-0.15, -0.1) is 0 Å². The summed E-state index contributed by atoms with van der Waals surface area (Å²) in [7, 11) is 3.14. The number of ether oxygens (including phenoxy) is 2. The van der Waals surface area contributed by atoms with Crippen molar-refractivity contribution in [2.24, 2.45) is 0 Å². The minimum absolute atomic E-state index is 0.382. The van der Waals surface area contributed by atoms with E-state index in [9.17, 15) is 8.78 Å². The van der Waals surface area contributed by atoms with Gasteiger partial charge >= 0.3 is 0 Å². The number of nitrogens with zero attached hydrogens (tertiary/aromatic N) is 1. The Morgan fingerprint density at radius 3 is 2.40 bits per heavy atom. The molecule has 25 heavy (non-hydrogen) atoms. The largest absolute Gasteiger partial charge is 0.493 e. The lowest BCUT2D eigenvalue weighted by atomic mass is 9.94. The maximum atomic E-state index is 14.6. The highest BCUT2D eigenvalue weighted by Crippen LogP contribution is 2.40. The molecular weight excluding hydrogens is 326 g/mol. The molecule has 134 valence electrons. The third-order valence-electron chi connectivity index (χ3n) is 4.50. The smallest absolute Gasteiger partial charge is 0.165 e. The van der Waals surface area contributed by atoms with Crippen LogP contribution in [0.15, 0.2) is 36.4 Å². The monoisotopic (exact) mass is 348 g/mol. The molecule has 0 saturated carbocycles. The van der Waals surface area contributed by atoms with E-state index in [1.54, 1.807) is 20.3 Å². The minimum Gasteiger partial charge on any atom is -0.493 e. The predicted molar refractivity (Wildman–Crippen MR) is 92.2 cm³/mol. The summed E-state index contributed by atoms with van der Waals surface area (Å²) in [6.45, 7) is 3.13. The van der Waals surface area contributed by atoms with E-state index in [1.165, 1.54) is 12.1 Å². The Hall–Kier alpha value is -2.18. The molecular formula is C19H22F2N2O2. The molecule has 0 aromatic heterocycles. The molecule has 0 bridgehead atoms. The fraction of sp³-hybridized carbons (Fsp3) is 0.368. The molecule has 4 nitrogen and oxygen atoms in total. The molecule has 0 amide bonds. The number of halogens is 2. The second-order valence-electron chi connectivity index (χ2n) is 5.94. The number of hydrogen-bond acceptors (Lipinski definition) is 4. The van der Waals surface area contributed by atoms with Crippen LogP contribution in [0.4, 0.5) is 8.78 Å². The van der Waals surface area contributed by atoms with E-state index in [4.69, 9.17) is 9.47 Å². The Labute approximate surface area is 146 Å². The highest BCUT2D eigenvalue weighted by Gasteiger charge is 2.30. The van der Waals surface area contributed by atoms with Crippen LogP contribution in [0.3, 0.4) is 0 Å². The standard InChI is InChI=1S/C19H22F2N2O2/c1-24-17-5-3-4-15(19(17)25-2)18(23-10-8-22-9-11-23)14-7-6-13(20)12-16(14)21/h3-7,12,18,22H,8-11H2,1-2H3. The van der Waals surface area contributed by atoms with Crippen molar-refractivity contribution in [1.29, 1.82) is 0 Å². The van der Waals surface area contributed by atoms with Gasteiger partial charge in [0.1, 0.15) is 11.6 Å². The topological polar surface area (TPSA) is 33.7 Å². The first kappa shape index (κ1) is 17.6. The Balaban J connectivity index is 2.14. The van der Waals surface area contributed by atoms with Gasteiger partial charge in [-0.25, -0.2) is 8.78 Å². The molecule has 1 saturated heterocycles. The summed E-state index contributed by atoms with van der Waals surface area (Å²) in [5, 5.41) is 3.30. The van der Waals surface area contributed by atoms with E-state index < -0.39 is 11.6 Å². The first-order valence-electron chi connectivity index (χ1n) is 8.26. The van der Waals surface area contributed by atoms with Gasteiger partial charge in [-0.3, -0.25) is 4.90 Å². The number of nitrogens with one attached hydrogen (secondary N) is 1. The number of hydrogen-bond donors (Lipinski definition) is 1. The minimum atomic E-state index is -0.585. The third kappa shape index (κ3) is 3.60. The molecule has 0 spiro atoms. The zero-order valence-corrected chi connectivity index (χ0v) is 14.4. The molecule has 1 aliphatic heterocycles. The summed E-state index contributed by atoms with van der Waals surface area (Å²) in [6.07, 6.45) is 0. The Morgan fingerprint density at radius 2 is 1.76 bits per heavy atom. The number of methoxy groups -OCH3 is 2. The van der Waals surface area contributed by atoms with Crippen LogP contribution in [0, 0.1) is 11.6 Å². The van der Waals surface area contributed by atoms with Gasteiger partial charge < -0.3 is 14.8 Å². The van der Waals surface area contributed by atoms with Crippen LogP contribution in [0.2, 0.25) is 0 Å². The SMILES string of the molecule is COc1cccc(C(c2ccc(F)cc2F)N2CCNCC2)c1OC. The van der Waals surface area contributed by atoms with Gasteiger partial charge in [0, 0.05) is 43.4 Å². The maximum absolute atomic E-state index is 14.6. The molecule has 2 aromatic rings. The highest BCUT2D eigenvalue weighted by molar-refractivity contribution is 5.51. The van der Waals surface area contributed by atoms with Crippen LogP contribution in [-0.2, 0) is 0 Å². The summed E-state index contributed by atoms with van der Waals surface area (Å²) in [6, 6.07) is 8.91. The van der Waals surface area contributed by atoms with Crippen molar-refractivity contribution in [3.8, 4) is 11.5 Å². The van der Waals surface area contributed by atoms with E-state index >= 15 is 0 Å². The van der Waals surface area contributed by atoms with E-state index in [2.05, 4.69) is 10.2 Å². The molecule has 1 unspecified atom stereocenters. The molecule has 1 fully saturated rings. The van der Waals surface area contributed by atoms with Crippen molar-refractivity contribution in [1.82, 2.24) is 10.2 Å². The fourth-order valence-corrected chi connectivity index (χ4v) is 3.35. The molecule has 1 heterocycles. The Morgan fingerprint density at radius 1 is 1.00 bits per heavy atom. The van der Waals surface area contributed by atoms with Crippen molar-refractivity contribution in [3.05, 3.63) is 59.2 Å². The van der Waals surface area contributed by atoms with E-state index in [1.807, 2.05) is 12.1 Å². The van der Waals surface area contributed by atoms with Crippen molar-refractivity contribution >= 4 is 0 Å². The van der Waals surface area contributed by atoms with Crippen LogP contribution in [0.25, 0.3) is 0 Å². The van der Waals surface area contributed by atoms with Gasteiger partial charge in [0.15, 0.2) is 11.5 Å². The first-order valence-corrected chi connectivity index (χ1v) is 8.26. The lowest BCUT2D eigenvalue weighted by Crippen LogP contribution is -2.45. The van der Waals surface area contributed by atoms with Crippen molar-refractivity contribution in [2.45, 2.75) is 6.04 Å². The van der Waals surface area contributed by atoms with E-state index in [-0.39, 0.29) is 6.04 Å². The maximum Gasteiger partial charge on any atom is 0.165 e. The summed E-state index contributed by atoms with van der Waals surface area (Å²) in [5.74, 6) is 0.00577. The van der Waals surface area contributed by atoms with Crippen LogP contribution in [0.5, 0.6) is 11.5 Å². The second kappa shape index (κ2) is 7.80. The van der Waals surface area contributed by atoms with Crippen molar-refractivity contribution < 1.29 is 18.3 Å². The molecule has 6 heteroatoms. The van der Waals surface area contributed by atoms with Crippen LogP contribution >= 0.6 is 0 Å². The summed E-state index contributed by atoms with van der Waals surface area (Å²) in [5.41, 5.74) is 1.23. The predicted octanol–water partition coefficient (Wildman–Crippen LogP) is 2.98.